The zero-order valence-corrected chi connectivity index (χ0v) is 13.6. The molecule has 1 heterocycles. The summed E-state index contributed by atoms with van der Waals surface area (Å²) in [5, 5.41) is 16.2. The van der Waals surface area contributed by atoms with Crippen LogP contribution in [-0.2, 0) is 17.8 Å². The minimum atomic E-state index is -4.56. The molecule has 7 nitrogen and oxygen atoms in total. The van der Waals surface area contributed by atoms with Crippen LogP contribution in [0.4, 0.5) is 18.9 Å². The van der Waals surface area contributed by atoms with E-state index in [9.17, 15) is 28.1 Å². The Bertz CT molecular complexity index is 747. The lowest BCUT2D eigenvalue weighted by Gasteiger charge is -2.21. The number of nitrogens with zero attached hydrogens (tertiary/aromatic N) is 3. The van der Waals surface area contributed by atoms with E-state index in [1.807, 2.05) is 5.32 Å². The lowest BCUT2D eigenvalue weighted by atomic mass is 10.0. The molecule has 1 aromatic carbocycles. The molecular formula is C16H17F3N4O3. The average Bonchev–Trinajstić information content (AvgIpc) is 3.06. The minimum absolute atomic E-state index is 0.0526. The quantitative estimate of drug-likeness (QED) is 0.571. The summed E-state index contributed by atoms with van der Waals surface area (Å²) >= 11 is 0. The predicted molar refractivity (Wildman–Crippen MR) is 86.2 cm³/mol. The van der Waals surface area contributed by atoms with Gasteiger partial charge < -0.3 is 5.32 Å². The topological polar surface area (TPSA) is 90.1 Å². The number of amides is 1. The van der Waals surface area contributed by atoms with Crippen LogP contribution in [0.1, 0.15) is 18.4 Å². The molecule has 1 aromatic heterocycles. The Morgan fingerprint density at radius 1 is 1.31 bits per heavy atom. The van der Waals surface area contributed by atoms with Gasteiger partial charge in [0.05, 0.1) is 4.92 Å². The van der Waals surface area contributed by atoms with Gasteiger partial charge in [-0.1, -0.05) is 30.3 Å². The Kier molecular flexibility index (Phi) is 6.31. The molecule has 0 aliphatic rings. The van der Waals surface area contributed by atoms with Crippen LogP contribution in [0.3, 0.4) is 0 Å². The van der Waals surface area contributed by atoms with Gasteiger partial charge in [-0.05, 0) is 18.4 Å². The summed E-state index contributed by atoms with van der Waals surface area (Å²) in [5.74, 6) is -0.793. The summed E-state index contributed by atoms with van der Waals surface area (Å²) in [6.45, 7) is -0.0526. The molecule has 140 valence electrons. The van der Waals surface area contributed by atoms with Crippen molar-refractivity contribution in [2.24, 2.45) is 0 Å². The van der Waals surface area contributed by atoms with E-state index in [1.54, 1.807) is 30.3 Å². The van der Waals surface area contributed by atoms with Crippen molar-refractivity contribution in [1.82, 2.24) is 15.1 Å². The zero-order valence-electron chi connectivity index (χ0n) is 13.6. The number of carbonyl (C=O) groups is 1. The van der Waals surface area contributed by atoms with Crippen molar-refractivity contribution in [2.75, 3.05) is 0 Å². The lowest BCUT2D eigenvalue weighted by Crippen LogP contribution is -2.45. The van der Waals surface area contributed by atoms with Crippen LogP contribution in [0.25, 0.3) is 0 Å². The summed E-state index contributed by atoms with van der Waals surface area (Å²) in [6.07, 6.45) is -2.80. The van der Waals surface area contributed by atoms with Gasteiger partial charge in [-0.3, -0.25) is 19.6 Å². The van der Waals surface area contributed by atoms with E-state index >= 15 is 0 Å². The summed E-state index contributed by atoms with van der Waals surface area (Å²) in [4.78, 5) is 21.7. The van der Waals surface area contributed by atoms with E-state index < -0.39 is 23.0 Å². The van der Waals surface area contributed by atoms with Crippen LogP contribution in [0, 0.1) is 10.1 Å². The predicted octanol–water partition coefficient (Wildman–Crippen LogP) is 2.86. The van der Waals surface area contributed by atoms with Crippen molar-refractivity contribution in [1.29, 1.82) is 0 Å². The molecule has 1 N–H and O–H groups in total. The molecule has 0 fully saturated rings. The fourth-order valence-electron chi connectivity index (χ4n) is 2.33. The van der Waals surface area contributed by atoms with Gasteiger partial charge in [-0.2, -0.15) is 18.3 Å². The third kappa shape index (κ3) is 5.87. The van der Waals surface area contributed by atoms with E-state index in [-0.39, 0.29) is 31.5 Å². The van der Waals surface area contributed by atoms with E-state index in [2.05, 4.69) is 5.10 Å². The molecule has 0 saturated carbocycles. The fraction of sp³-hybridized carbons (Fsp3) is 0.375. The third-order valence-electron chi connectivity index (χ3n) is 3.69. The molecular weight excluding hydrogens is 353 g/mol. The number of halogens is 3. The summed E-state index contributed by atoms with van der Waals surface area (Å²) in [6, 6.07) is 6.73. The second-order valence-corrected chi connectivity index (χ2v) is 5.65. The van der Waals surface area contributed by atoms with Crippen LogP contribution in [-0.4, -0.2) is 32.8 Å². The summed E-state index contributed by atoms with van der Waals surface area (Å²) in [7, 11) is 0. The molecule has 2 rings (SSSR count). The Morgan fingerprint density at radius 3 is 2.58 bits per heavy atom. The second kappa shape index (κ2) is 8.45. The van der Waals surface area contributed by atoms with Crippen molar-refractivity contribution in [3.8, 4) is 0 Å². The van der Waals surface area contributed by atoms with Crippen molar-refractivity contribution in [2.45, 2.75) is 38.0 Å². The largest absolute Gasteiger partial charge is 0.408 e. The Hall–Kier alpha value is -2.91. The number of benzene rings is 1. The van der Waals surface area contributed by atoms with Gasteiger partial charge >= 0.3 is 11.9 Å². The first-order chi connectivity index (χ1) is 12.3. The molecule has 1 amide bonds. The number of hydrogen-bond acceptors (Lipinski definition) is 4. The van der Waals surface area contributed by atoms with Crippen LogP contribution in [0.5, 0.6) is 0 Å². The van der Waals surface area contributed by atoms with Gasteiger partial charge in [-0.25, -0.2) is 0 Å². The molecule has 2 aromatic rings. The first-order valence-electron chi connectivity index (χ1n) is 7.82. The molecule has 0 saturated heterocycles. The number of nitrogens with one attached hydrogen (secondary N) is 1. The highest BCUT2D eigenvalue weighted by Gasteiger charge is 2.40. The summed E-state index contributed by atoms with van der Waals surface area (Å²) < 4.78 is 40.5. The Labute approximate surface area is 147 Å². The van der Waals surface area contributed by atoms with E-state index in [0.717, 1.165) is 22.6 Å². The molecule has 10 heteroatoms. The standard InChI is InChI=1S/C16H17F3N4O3/c17-16(18,19)14(7-6-12-4-2-1-3-5-12)21-15(24)8-9-22-11-13(10-20-22)23(25)26/h1-5,10-11,14H,6-9H2,(H,21,24)/t14-/m1/s1. The Balaban J connectivity index is 1.88. The Morgan fingerprint density at radius 2 is 2.00 bits per heavy atom. The van der Waals surface area contributed by atoms with Crippen molar-refractivity contribution < 1.29 is 22.9 Å². The van der Waals surface area contributed by atoms with E-state index in [1.165, 1.54) is 0 Å². The van der Waals surface area contributed by atoms with Crippen molar-refractivity contribution in [3.63, 3.8) is 0 Å². The molecule has 0 radical (unpaired) electrons. The molecule has 0 unspecified atom stereocenters. The maximum Gasteiger partial charge on any atom is 0.408 e. The molecule has 0 aliphatic heterocycles. The van der Waals surface area contributed by atoms with Crippen LogP contribution in [0.15, 0.2) is 42.7 Å². The normalized spacial score (nSPS) is 12.6. The first-order valence-corrected chi connectivity index (χ1v) is 7.82. The number of carbonyl (C=O) groups excluding carboxylic acids is 1. The molecule has 0 aliphatic carbocycles. The first kappa shape index (κ1) is 19.4. The van der Waals surface area contributed by atoms with Crippen LogP contribution >= 0.6 is 0 Å². The SMILES string of the molecule is O=C(CCn1cc([N+](=O)[O-])cn1)N[C@H](CCc1ccccc1)C(F)(F)F. The van der Waals surface area contributed by atoms with Gasteiger partial charge in [0, 0.05) is 13.0 Å². The molecule has 0 spiro atoms. The minimum Gasteiger partial charge on any atom is -0.344 e. The number of rotatable bonds is 8. The number of nitro groups is 1. The maximum absolute atomic E-state index is 13.1. The third-order valence-corrected chi connectivity index (χ3v) is 3.69. The molecule has 26 heavy (non-hydrogen) atoms. The van der Waals surface area contributed by atoms with E-state index in [4.69, 9.17) is 0 Å². The smallest absolute Gasteiger partial charge is 0.344 e. The number of aryl methyl sites for hydroxylation is 2. The highest BCUT2D eigenvalue weighted by molar-refractivity contribution is 5.76. The van der Waals surface area contributed by atoms with Gasteiger partial charge in [0.1, 0.15) is 18.4 Å². The average molecular weight is 370 g/mol. The fourth-order valence-corrected chi connectivity index (χ4v) is 2.33. The molecule has 1 atom stereocenters. The van der Waals surface area contributed by atoms with Gasteiger partial charge in [0.2, 0.25) is 5.91 Å². The lowest BCUT2D eigenvalue weighted by molar-refractivity contribution is -0.385. The second-order valence-electron chi connectivity index (χ2n) is 5.65. The van der Waals surface area contributed by atoms with Gasteiger partial charge in [0.25, 0.3) is 0 Å². The van der Waals surface area contributed by atoms with Crippen LogP contribution < -0.4 is 5.32 Å². The zero-order chi connectivity index (χ0) is 19.2. The van der Waals surface area contributed by atoms with Gasteiger partial charge in [0.15, 0.2) is 0 Å². The number of alkyl halides is 3. The highest BCUT2D eigenvalue weighted by Crippen LogP contribution is 2.24. The van der Waals surface area contributed by atoms with Gasteiger partial charge in [-0.15, -0.1) is 0 Å². The molecule has 0 bridgehead atoms. The van der Waals surface area contributed by atoms with E-state index in [0.29, 0.717) is 0 Å². The van der Waals surface area contributed by atoms with Crippen molar-refractivity contribution in [3.05, 3.63) is 58.4 Å². The summed E-state index contributed by atoms with van der Waals surface area (Å²) in [5.41, 5.74) is 0.501. The number of hydrogen-bond donors (Lipinski definition) is 1. The van der Waals surface area contributed by atoms with Crippen molar-refractivity contribution >= 4 is 11.6 Å². The highest BCUT2D eigenvalue weighted by atomic mass is 19.4. The monoisotopic (exact) mass is 370 g/mol. The maximum atomic E-state index is 13.1. The van der Waals surface area contributed by atoms with Crippen LogP contribution in [0.2, 0.25) is 0 Å². The number of aromatic nitrogens is 2.